The molecule has 4 heteroatoms. The van der Waals surface area contributed by atoms with Gasteiger partial charge in [-0.05, 0) is 48.8 Å². The van der Waals surface area contributed by atoms with Crippen LogP contribution in [0, 0.1) is 0 Å². The van der Waals surface area contributed by atoms with Crippen LogP contribution in [-0.4, -0.2) is 23.5 Å². The van der Waals surface area contributed by atoms with Crippen molar-refractivity contribution in [2.75, 3.05) is 22.9 Å². The molecular formula is C14H18N2OS. The van der Waals surface area contributed by atoms with Gasteiger partial charge in [0.2, 0.25) is 5.91 Å². The summed E-state index contributed by atoms with van der Waals surface area (Å²) in [5, 5.41) is 0.169. The van der Waals surface area contributed by atoms with Crippen molar-refractivity contribution in [3.8, 4) is 0 Å². The fraction of sp³-hybridized carbons (Fsp3) is 0.500. The minimum absolute atomic E-state index is 0.169. The third-order valence-corrected chi connectivity index (χ3v) is 5.08. The van der Waals surface area contributed by atoms with E-state index in [1.807, 2.05) is 34.9 Å². The smallest absolute Gasteiger partial charge is 0.240 e. The van der Waals surface area contributed by atoms with Gasteiger partial charge in [-0.3, -0.25) is 4.79 Å². The van der Waals surface area contributed by atoms with E-state index in [1.165, 1.54) is 18.4 Å². The van der Waals surface area contributed by atoms with E-state index < -0.39 is 0 Å². The maximum absolute atomic E-state index is 12.5. The van der Waals surface area contributed by atoms with Crippen molar-refractivity contribution in [1.82, 2.24) is 0 Å². The van der Waals surface area contributed by atoms with Crippen molar-refractivity contribution < 1.29 is 4.79 Å². The van der Waals surface area contributed by atoms with Crippen LogP contribution >= 0.6 is 11.8 Å². The van der Waals surface area contributed by atoms with Gasteiger partial charge in [-0.2, -0.15) is 0 Å². The van der Waals surface area contributed by atoms with Crippen LogP contribution in [0.15, 0.2) is 18.2 Å². The Morgan fingerprint density at radius 1 is 1.39 bits per heavy atom. The monoisotopic (exact) mass is 262 g/mol. The van der Waals surface area contributed by atoms with Crippen LogP contribution in [-0.2, 0) is 11.2 Å². The summed E-state index contributed by atoms with van der Waals surface area (Å²) in [6, 6.07) is 5.87. The number of nitrogens with two attached hydrogens (primary N) is 1. The standard InChI is InChI=1S/C14H18N2OS/c15-11-4-5-12-10(9-11)6-7-16(12)14(17)13-3-1-2-8-18-13/h4-5,9,13H,1-3,6-8,15H2. The number of amides is 1. The zero-order valence-electron chi connectivity index (χ0n) is 10.4. The molecule has 1 unspecified atom stereocenters. The normalized spacial score (nSPS) is 22.9. The minimum atomic E-state index is 0.169. The number of benzene rings is 1. The summed E-state index contributed by atoms with van der Waals surface area (Å²) >= 11 is 1.82. The van der Waals surface area contributed by atoms with Gasteiger partial charge in [0.25, 0.3) is 0 Å². The Bertz CT molecular complexity index is 469. The van der Waals surface area contributed by atoms with Crippen LogP contribution in [0.5, 0.6) is 0 Å². The van der Waals surface area contributed by atoms with Gasteiger partial charge in [0.05, 0.1) is 5.25 Å². The molecule has 3 nitrogen and oxygen atoms in total. The van der Waals surface area contributed by atoms with E-state index in [1.54, 1.807) is 0 Å². The molecule has 2 heterocycles. The number of nitrogen functional groups attached to an aromatic ring is 1. The Kier molecular flexibility index (Phi) is 3.20. The highest BCUT2D eigenvalue weighted by Gasteiger charge is 2.31. The number of rotatable bonds is 1. The highest BCUT2D eigenvalue weighted by atomic mass is 32.2. The lowest BCUT2D eigenvalue weighted by molar-refractivity contribution is -0.118. The van der Waals surface area contributed by atoms with Crippen LogP contribution in [0.25, 0.3) is 0 Å². The Morgan fingerprint density at radius 3 is 3.06 bits per heavy atom. The second-order valence-corrected chi connectivity index (χ2v) is 6.29. The van der Waals surface area contributed by atoms with Crippen molar-refractivity contribution in [1.29, 1.82) is 0 Å². The first kappa shape index (κ1) is 11.9. The van der Waals surface area contributed by atoms with Crippen molar-refractivity contribution in [2.24, 2.45) is 0 Å². The maximum Gasteiger partial charge on any atom is 0.240 e. The molecule has 0 spiro atoms. The number of thioether (sulfide) groups is 1. The third-order valence-electron chi connectivity index (χ3n) is 3.72. The molecule has 2 N–H and O–H groups in total. The predicted molar refractivity (Wildman–Crippen MR) is 77.0 cm³/mol. The zero-order valence-corrected chi connectivity index (χ0v) is 11.2. The molecule has 0 bridgehead atoms. The van der Waals surface area contributed by atoms with Crippen LogP contribution < -0.4 is 10.6 Å². The van der Waals surface area contributed by atoms with Crippen molar-refractivity contribution in [3.63, 3.8) is 0 Å². The molecule has 3 rings (SSSR count). The minimum Gasteiger partial charge on any atom is -0.399 e. The van der Waals surface area contributed by atoms with E-state index in [4.69, 9.17) is 5.73 Å². The second kappa shape index (κ2) is 4.84. The van der Waals surface area contributed by atoms with E-state index in [0.29, 0.717) is 5.91 Å². The fourth-order valence-electron chi connectivity index (χ4n) is 2.76. The van der Waals surface area contributed by atoms with E-state index >= 15 is 0 Å². The third kappa shape index (κ3) is 2.09. The Balaban J connectivity index is 1.80. The molecule has 1 aromatic rings. The van der Waals surface area contributed by atoms with Gasteiger partial charge in [0, 0.05) is 17.9 Å². The SMILES string of the molecule is Nc1ccc2c(c1)CCN2C(=O)C1CCCCS1. The van der Waals surface area contributed by atoms with Gasteiger partial charge in [-0.1, -0.05) is 6.42 Å². The van der Waals surface area contributed by atoms with Gasteiger partial charge in [-0.15, -0.1) is 11.8 Å². The van der Waals surface area contributed by atoms with E-state index in [-0.39, 0.29) is 5.25 Å². The summed E-state index contributed by atoms with van der Waals surface area (Å²) < 4.78 is 0. The first-order chi connectivity index (χ1) is 8.75. The molecule has 0 radical (unpaired) electrons. The van der Waals surface area contributed by atoms with Gasteiger partial charge < -0.3 is 10.6 Å². The molecule has 0 aromatic heterocycles. The lowest BCUT2D eigenvalue weighted by Crippen LogP contribution is -2.37. The van der Waals surface area contributed by atoms with Crippen molar-refractivity contribution in [2.45, 2.75) is 30.9 Å². The first-order valence-corrected chi connectivity index (χ1v) is 7.62. The summed E-state index contributed by atoms with van der Waals surface area (Å²) in [4.78, 5) is 14.5. The van der Waals surface area contributed by atoms with Gasteiger partial charge >= 0.3 is 0 Å². The van der Waals surface area contributed by atoms with Gasteiger partial charge in [0.15, 0.2) is 0 Å². The number of hydrogen-bond donors (Lipinski definition) is 1. The lowest BCUT2D eigenvalue weighted by atomic mass is 10.1. The molecule has 1 saturated heterocycles. The molecule has 1 fully saturated rings. The fourth-order valence-corrected chi connectivity index (χ4v) is 4.02. The van der Waals surface area contributed by atoms with Gasteiger partial charge in [-0.25, -0.2) is 0 Å². The number of hydrogen-bond acceptors (Lipinski definition) is 3. The molecule has 0 saturated carbocycles. The molecule has 2 aliphatic rings. The van der Waals surface area contributed by atoms with E-state index in [2.05, 4.69) is 0 Å². The Hall–Kier alpha value is -1.16. The van der Waals surface area contributed by atoms with Gasteiger partial charge in [0.1, 0.15) is 0 Å². The molecule has 1 atom stereocenters. The zero-order chi connectivity index (χ0) is 12.5. The summed E-state index contributed by atoms with van der Waals surface area (Å²) in [5.41, 5.74) is 8.86. The number of fused-ring (bicyclic) bond motifs is 1. The molecule has 2 aliphatic heterocycles. The Morgan fingerprint density at radius 2 is 2.28 bits per heavy atom. The Labute approximate surface area is 112 Å². The van der Waals surface area contributed by atoms with Crippen LogP contribution in [0.3, 0.4) is 0 Å². The molecular weight excluding hydrogens is 244 g/mol. The topological polar surface area (TPSA) is 46.3 Å². The summed E-state index contributed by atoms with van der Waals surface area (Å²) in [7, 11) is 0. The molecule has 1 amide bonds. The van der Waals surface area contributed by atoms with Crippen LogP contribution in [0.4, 0.5) is 11.4 Å². The van der Waals surface area contributed by atoms with E-state index in [0.717, 1.165) is 36.5 Å². The quantitative estimate of drug-likeness (QED) is 0.791. The van der Waals surface area contributed by atoms with Crippen molar-refractivity contribution >= 4 is 29.0 Å². The number of carbonyl (C=O) groups excluding carboxylic acids is 1. The number of carbonyl (C=O) groups is 1. The molecule has 18 heavy (non-hydrogen) atoms. The maximum atomic E-state index is 12.5. The van der Waals surface area contributed by atoms with Crippen molar-refractivity contribution in [3.05, 3.63) is 23.8 Å². The molecule has 1 aromatic carbocycles. The average Bonchev–Trinajstić information content (AvgIpc) is 2.81. The van der Waals surface area contributed by atoms with Crippen LogP contribution in [0.2, 0.25) is 0 Å². The summed E-state index contributed by atoms with van der Waals surface area (Å²) in [5.74, 6) is 1.42. The van der Waals surface area contributed by atoms with E-state index in [9.17, 15) is 4.79 Å². The second-order valence-electron chi connectivity index (χ2n) is 4.98. The average molecular weight is 262 g/mol. The molecule has 96 valence electrons. The predicted octanol–water partition coefficient (Wildman–Crippen LogP) is 2.44. The first-order valence-electron chi connectivity index (χ1n) is 6.57. The van der Waals surface area contributed by atoms with Crippen LogP contribution in [0.1, 0.15) is 24.8 Å². The number of anilines is 2. The molecule has 0 aliphatic carbocycles. The summed E-state index contributed by atoms with van der Waals surface area (Å²) in [6.07, 6.45) is 4.40. The summed E-state index contributed by atoms with van der Waals surface area (Å²) in [6.45, 7) is 0.814. The number of nitrogens with zero attached hydrogens (tertiary/aromatic N) is 1. The highest BCUT2D eigenvalue weighted by molar-refractivity contribution is 8.00. The largest absolute Gasteiger partial charge is 0.399 e. The lowest BCUT2D eigenvalue weighted by Gasteiger charge is -2.26. The highest BCUT2D eigenvalue weighted by Crippen LogP contribution is 2.33.